The number of aromatic amines is 1. The van der Waals surface area contributed by atoms with Crippen molar-refractivity contribution in [1.29, 1.82) is 0 Å². The van der Waals surface area contributed by atoms with Gasteiger partial charge in [0.05, 0.1) is 11.0 Å². The number of hydrogen-bond donors (Lipinski definition) is 2. The smallest absolute Gasteiger partial charge is 0.324 e. The number of aryl methyl sites for hydroxylation is 2. The molecule has 0 fully saturated rings. The van der Waals surface area contributed by atoms with Gasteiger partial charge in [-0.3, -0.25) is 9.36 Å². The first-order valence-corrected chi connectivity index (χ1v) is 7.09. The molecule has 0 spiro atoms. The van der Waals surface area contributed by atoms with E-state index >= 15 is 0 Å². The largest absolute Gasteiger partial charge is 0.326 e. The zero-order valence-corrected chi connectivity index (χ0v) is 12.5. The molecule has 1 aromatic heterocycles. The molecule has 0 aliphatic carbocycles. The van der Waals surface area contributed by atoms with E-state index < -0.39 is 0 Å². The first kappa shape index (κ1) is 14.1. The SMILES string of the molecule is Cc1ccc(NC(=O)Cn2c(=O)[nH]c3ccccc32)c(C)c1. The summed E-state index contributed by atoms with van der Waals surface area (Å²) in [7, 11) is 0. The predicted octanol–water partition coefficient (Wildman–Crippen LogP) is 2.59. The van der Waals surface area contributed by atoms with Crippen LogP contribution in [0, 0.1) is 13.8 Å². The van der Waals surface area contributed by atoms with E-state index in [-0.39, 0.29) is 18.1 Å². The molecule has 22 heavy (non-hydrogen) atoms. The lowest BCUT2D eigenvalue weighted by Crippen LogP contribution is -2.26. The summed E-state index contributed by atoms with van der Waals surface area (Å²) in [6.45, 7) is 3.93. The quantitative estimate of drug-likeness (QED) is 0.780. The van der Waals surface area contributed by atoms with Gasteiger partial charge >= 0.3 is 5.69 Å². The number of carbonyl (C=O) groups is 1. The minimum Gasteiger partial charge on any atom is -0.324 e. The zero-order chi connectivity index (χ0) is 15.7. The lowest BCUT2D eigenvalue weighted by molar-refractivity contribution is -0.116. The maximum atomic E-state index is 12.2. The third kappa shape index (κ3) is 2.65. The van der Waals surface area contributed by atoms with Gasteiger partial charge in [0.2, 0.25) is 5.91 Å². The second-order valence-electron chi connectivity index (χ2n) is 5.40. The van der Waals surface area contributed by atoms with Gasteiger partial charge in [-0.25, -0.2) is 4.79 Å². The first-order valence-electron chi connectivity index (χ1n) is 7.09. The Bertz CT molecular complexity index is 906. The molecule has 0 radical (unpaired) electrons. The molecule has 0 atom stereocenters. The summed E-state index contributed by atoms with van der Waals surface area (Å²) >= 11 is 0. The van der Waals surface area contributed by atoms with E-state index in [9.17, 15) is 9.59 Å². The van der Waals surface area contributed by atoms with Gasteiger partial charge in [-0.2, -0.15) is 0 Å². The highest BCUT2D eigenvalue weighted by molar-refractivity contribution is 5.92. The molecule has 3 aromatic rings. The number of anilines is 1. The van der Waals surface area contributed by atoms with Crippen LogP contribution in [0.15, 0.2) is 47.3 Å². The van der Waals surface area contributed by atoms with Crippen molar-refractivity contribution in [3.05, 3.63) is 64.1 Å². The van der Waals surface area contributed by atoms with E-state index in [1.54, 1.807) is 0 Å². The number of imidazole rings is 1. The molecule has 2 N–H and O–H groups in total. The normalized spacial score (nSPS) is 10.8. The molecule has 1 amide bonds. The van der Waals surface area contributed by atoms with Crippen LogP contribution in [0.4, 0.5) is 5.69 Å². The van der Waals surface area contributed by atoms with E-state index in [0.717, 1.165) is 27.8 Å². The van der Waals surface area contributed by atoms with Crippen molar-refractivity contribution in [2.45, 2.75) is 20.4 Å². The number of nitrogens with one attached hydrogen (secondary N) is 2. The molecule has 0 aliphatic heterocycles. The van der Waals surface area contributed by atoms with Crippen molar-refractivity contribution < 1.29 is 4.79 Å². The highest BCUT2D eigenvalue weighted by atomic mass is 16.2. The third-order valence-electron chi connectivity index (χ3n) is 3.64. The number of H-pyrrole nitrogens is 1. The van der Waals surface area contributed by atoms with Crippen molar-refractivity contribution in [3.8, 4) is 0 Å². The number of amides is 1. The molecule has 0 bridgehead atoms. The molecule has 0 aliphatic rings. The van der Waals surface area contributed by atoms with Crippen LogP contribution in [-0.2, 0) is 11.3 Å². The average Bonchev–Trinajstić information content (AvgIpc) is 2.78. The van der Waals surface area contributed by atoms with Gasteiger partial charge in [0, 0.05) is 5.69 Å². The second kappa shape index (κ2) is 5.52. The summed E-state index contributed by atoms with van der Waals surface area (Å²) in [6.07, 6.45) is 0. The van der Waals surface area contributed by atoms with Crippen LogP contribution in [0.2, 0.25) is 0 Å². The molecule has 5 heteroatoms. The van der Waals surface area contributed by atoms with E-state index in [4.69, 9.17) is 0 Å². The number of carbonyl (C=O) groups excluding carboxylic acids is 1. The highest BCUT2D eigenvalue weighted by Gasteiger charge is 2.11. The number of fused-ring (bicyclic) bond motifs is 1. The highest BCUT2D eigenvalue weighted by Crippen LogP contribution is 2.16. The average molecular weight is 295 g/mol. The van der Waals surface area contributed by atoms with Crippen LogP contribution >= 0.6 is 0 Å². The Morgan fingerprint density at radius 2 is 1.95 bits per heavy atom. The minimum absolute atomic E-state index is 0.0177. The molecule has 5 nitrogen and oxygen atoms in total. The Hall–Kier alpha value is -2.82. The Balaban J connectivity index is 1.84. The van der Waals surface area contributed by atoms with E-state index in [1.165, 1.54) is 4.57 Å². The van der Waals surface area contributed by atoms with Crippen LogP contribution in [0.1, 0.15) is 11.1 Å². The predicted molar refractivity (Wildman–Crippen MR) is 87.1 cm³/mol. The lowest BCUT2D eigenvalue weighted by Gasteiger charge is -2.09. The minimum atomic E-state index is -0.281. The van der Waals surface area contributed by atoms with E-state index in [1.807, 2.05) is 56.3 Å². The number of rotatable bonds is 3. The topological polar surface area (TPSA) is 66.9 Å². The lowest BCUT2D eigenvalue weighted by atomic mass is 10.1. The first-order chi connectivity index (χ1) is 10.5. The van der Waals surface area contributed by atoms with Gasteiger partial charge in [0.15, 0.2) is 0 Å². The molecular formula is C17H17N3O2. The van der Waals surface area contributed by atoms with Crippen molar-refractivity contribution in [2.75, 3.05) is 5.32 Å². The van der Waals surface area contributed by atoms with Crippen molar-refractivity contribution in [3.63, 3.8) is 0 Å². The summed E-state index contributed by atoms with van der Waals surface area (Å²) in [5, 5.41) is 2.86. The molecule has 3 rings (SSSR count). The molecule has 0 saturated heterocycles. The second-order valence-corrected chi connectivity index (χ2v) is 5.40. The van der Waals surface area contributed by atoms with Gasteiger partial charge in [-0.1, -0.05) is 29.8 Å². The molecule has 0 saturated carbocycles. The summed E-state index contributed by atoms with van der Waals surface area (Å²) in [6, 6.07) is 13.1. The summed E-state index contributed by atoms with van der Waals surface area (Å²) < 4.78 is 1.44. The van der Waals surface area contributed by atoms with Crippen LogP contribution in [0.5, 0.6) is 0 Å². The fraction of sp³-hybridized carbons (Fsp3) is 0.176. The maximum absolute atomic E-state index is 12.2. The fourth-order valence-electron chi connectivity index (χ4n) is 2.55. The Morgan fingerprint density at radius 3 is 2.73 bits per heavy atom. The molecule has 0 unspecified atom stereocenters. The molecule has 2 aromatic carbocycles. The third-order valence-corrected chi connectivity index (χ3v) is 3.64. The maximum Gasteiger partial charge on any atom is 0.326 e. The number of para-hydroxylation sites is 2. The number of benzene rings is 2. The van der Waals surface area contributed by atoms with Gasteiger partial charge in [0.25, 0.3) is 0 Å². The van der Waals surface area contributed by atoms with Gasteiger partial charge in [-0.15, -0.1) is 0 Å². The monoisotopic (exact) mass is 295 g/mol. The fourth-order valence-corrected chi connectivity index (χ4v) is 2.55. The summed E-state index contributed by atoms with van der Waals surface area (Å²) in [4.78, 5) is 26.9. The van der Waals surface area contributed by atoms with E-state index in [0.29, 0.717) is 0 Å². The van der Waals surface area contributed by atoms with Gasteiger partial charge in [0.1, 0.15) is 6.54 Å². The zero-order valence-electron chi connectivity index (χ0n) is 12.5. The van der Waals surface area contributed by atoms with Gasteiger partial charge < -0.3 is 10.3 Å². The van der Waals surface area contributed by atoms with Gasteiger partial charge in [-0.05, 0) is 37.6 Å². The number of hydrogen-bond acceptors (Lipinski definition) is 2. The molecule has 1 heterocycles. The molecule has 112 valence electrons. The van der Waals surface area contributed by atoms with Crippen LogP contribution in [0.3, 0.4) is 0 Å². The number of nitrogens with zero attached hydrogens (tertiary/aromatic N) is 1. The van der Waals surface area contributed by atoms with Crippen molar-refractivity contribution >= 4 is 22.6 Å². The Labute approximate surface area is 127 Å². The summed E-state index contributed by atoms with van der Waals surface area (Å²) in [5.74, 6) is -0.223. The molecular weight excluding hydrogens is 278 g/mol. The van der Waals surface area contributed by atoms with Crippen LogP contribution in [0.25, 0.3) is 11.0 Å². The van der Waals surface area contributed by atoms with Crippen molar-refractivity contribution in [1.82, 2.24) is 9.55 Å². The Morgan fingerprint density at radius 1 is 1.18 bits per heavy atom. The van der Waals surface area contributed by atoms with Crippen LogP contribution in [-0.4, -0.2) is 15.5 Å². The van der Waals surface area contributed by atoms with E-state index in [2.05, 4.69) is 10.3 Å². The van der Waals surface area contributed by atoms with Crippen LogP contribution < -0.4 is 11.0 Å². The van der Waals surface area contributed by atoms with Crippen molar-refractivity contribution in [2.24, 2.45) is 0 Å². The summed E-state index contributed by atoms with van der Waals surface area (Å²) in [5.41, 5.74) is 4.08. The number of aromatic nitrogens is 2. The Kier molecular flexibility index (Phi) is 3.55. The standard InChI is InChI=1S/C17H17N3O2/c1-11-7-8-13(12(2)9-11)18-16(21)10-20-15-6-4-3-5-14(15)19-17(20)22/h3-9H,10H2,1-2H3,(H,18,21)(H,19,22).